The fourth-order valence-electron chi connectivity index (χ4n) is 3.77. The normalized spacial score (nSPS) is 21.0. The van der Waals surface area contributed by atoms with E-state index in [0.29, 0.717) is 48.9 Å². The van der Waals surface area contributed by atoms with E-state index in [4.69, 9.17) is 4.74 Å². The average molecular weight is 570 g/mol. The van der Waals surface area contributed by atoms with Crippen LogP contribution in [0.25, 0.3) is 0 Å². The molecule has 0 bridgehead atoms. The Hall–Kier alpha value is -0.340. The highest BCUT2D eigenvalue weighted by molar-refractivity contribution is 14.0. The molecule has 0 aromatic carbocycles. The van der Waals surface area contributed by atoms with Crippen molar-refractivity contribution in [2.45, 2.75) is 63.0 Å². The third-order valence-electron chi connectivity index (χ3n) is 5.54. The van der Waals surface area contributed by atoms with Crippen LogP contribution in [0.2, 0.25) is 0 Å². The smallest absolute Gasteiger partial charge is 0.376 e. The molecule has 1 saturated heterocycles. The summed E-state index contributed by atoms with van der Waals surface area (Å²) in [4.78, 5) is 4.14. The number of ether oxygens (including phenoxy) is 1. The molecule has 0 amide bonds. The van der Waals surface area contributed by atoms with Gasteiger partial charge in [0.15, 0.2) is 5.96 Å². The first-order chi connectivity index (χ1) is 13.7. The van der Waals surface area contributed by atoms with Crippen LogP contribution in [-0.2, 0) is 14.8 Å². The molecule has 0 aromatic heterocycles. The Bertz CT molecular complexity index is 619. The number of sulfonamides is 1. The molecule has 30 heavy (non-hydrogen) atoms. The van der Waals surface area contributed by atoms with Crippen LogP contribution in [0.3, 0.4) is 0 Å². The number of hydrogen-bond donors (Lipinski definition) is 2. The number of rotatable bonds is 7. The van der Waals surface area contributed by atoms with Crippen LogP contribution in [0.15, 0.2) is 4.99 Å². The number of aliphatic imine (C=N–C) groups is 1. The van der Waals surface area contributed by atoms with E-state index in [1.165, 1.54) is 25.7 Å². The number of piperidine rings is 1. The summed E-state index contributed by atoms with van der Waals surface area (Å²) in [6.07, 6.45) is 8.37. The fraction of sp³-hybridized carbons (Fsp3) is 0.944. The first-order valence-electron chi connectivity index (χ1n) is 10.4. The van der Waals surface area contributed by atoms with Crippen LogP contribution in [0.5, 0.6) is 0 Å². The van der Waals surface area contributed by atoms with Crippen molar-refractivity contribution in [1.82, 2.24) is 14.9 Å². The Morgan fingerprint density at radius 2 is 1.67 bits per heavy atom. The third kappa shape index (κ3) is 8.65. The van der Waals surface area contributed by atoms with Gasteiger partial charge in [0.05, 0.1) is 12.7 Å². The largest absolute Gasteiger partial charge is 0.511 e. The maximum atomic E-state index is 12.6. The Balaban J connectivity index is 0.00000450. The number of halogens is 4. The van der Waals surface area contributed by atoms with E-state index in [1.54, 1.807) is 7.05 Å². The van der Waals surface area contributed by atoms with Gasteiger partial charge in [-0.15, -0.1) is 24.0 Å². The lowest BCUT2D eigenvalue weighted by atomic mass is 9.98. The lowest BCUT2D eigenvalue weighted by Gasteiger charge is -2.31. The van der Waals surface area contributed by atoms with Crippen LogP contribution < -0.4 is 10.6 Å². The van der Waals surface area contributed by atoms with Gasteiger partial charge in [0.2, 0.25) is 0 Å². The van der Waals surface area contributed by atoms with Gasteiger partial charge in [-0.25, -0.2) is 8.42 Å². The second-order valence-electron chi connectivity index (χ2n) is 7.66. The Morgan fingerprint density at radius 1 is 1.07 bits per heavy atom. The maximum absolute atomic E-state index is 12.6. The van der Waals surface area contributed by atoms with Gasteiger partial charge in [-0.3, -0.25) is 4.99 Å². The highest BCUT2D eigenvalue weighted by Crippen LogP contribution is 2.30. The van der Waals surface area contributed by atoms with Crippen molar-refractivity contribution >= 4 is 40.0 Å². The molecule has 178 valence electrons. The van der Waals surface area contributed by atoms with Gasteiger partial charge in [-0.05, 0) is 31.6 Å². The zero-order chi connectivity index (χ0) is 21.3. The molecule has 1 saturated carbocycles. The zero-order valence-electron chi connectivity index (χ0n) is 17.4. The van der Waals surface area contributed by atoms with E-state index in [1.807, 2.05) is 0 Å². The van der Waals surface area contributed by atoms with E-state index in [0.717, 1.165) is 12.8 Å². The van der Waals surface area contributed by atoms with Gasteiger partial charge in [0.1, 0.15) is 0 Å². The van der Waals surface area contributed by atoms with Crippen LogP contribution in [-0.4, -0.2) is 70.1 Å². The predicted molar refractivity (Wildman–Crippen MR) is 121 cm³/mol. The minimum Gasteiger partial charge on any atom is -0.376 e. The number of hydrogen-bond acceptors (Lipinski definition) is 4. The van der Waals surface area contributed by atoms with E-state index in [2.05, 4.69) is 15.6 Å². The van der Waals surface area contributed by atoms with Crippen LogP contribution in [0, 0.1) is 5.92 Å². The summed E-state index contributed by atoms with van der Waals surface area (Å²) in [5, 5.41) is 6.34. The van der Waals surface area contributed by atoms with Gasteiger partial charge in [0.25, 0.3) is 0 Å². The first kappa shape index (κ1) is 27.7. The molecule has 2 fully saturated rings. The Kier molecular flexibility index (Phi) is 12.2. The quantitative estimate of drug-likeness (QED) is 0.162. The number of nitrogens with one attached hydrogen (secondary N) is 2. The second kappa shape index (κ2) is 13.3. The topological polar surface area (TPSA) is 83.0 Å². The summed E-state index contributed by atoms with van der Waals surface area (Å²) in [5.41, 5.74) is -5.23. The van der Waals surface area contributed by atoms with Crippen LogP contribution in [0.1, 0.15) is 51.4 Å². The number of guanidine groups is 1. The van der Waals surface area contributed by atoms with Gasteiger partial charge in [-0.2, -0.15) is 17.5 Å². The molecule has 7 nitrogen and oxygen atoms in total. The molecule has 0 unspecified atom stereocenters. The molecule has 1 aliphatic heterocycles. The molecule has 0 aromatic rings. The summed E-state index contributed by atoms with van der Waals surface area (Å²) < 4.78 is 67.2. The Morgan fingerprint density at radius 3 is 2.20 bits per heavy atom. The molecule has 0 spiro atoms. The zero-order valence-corrected chi connectivity index (χ0v) is 20.6. The molecule has 1 aliphatic carbocycles. The molecule has 0 radical (unpaired) electrons. The van der Waals surface area contributed by atoms with Gasteiger partial charge >= 0.3 is 15.5 Å². The summed E-state index contributed by atoms with van der Waals surface area (Å²) in [6.45, 7) is 1.52. The number of alkyl halides is 3. The van der Waals surface area contributed by atoms with Crippen molar-refractivity contribution in [3.8, 4) is 0 Å². The van der Waals surface area contributed by atoms with E-state index in [9.17, 15) is 21.6 Å². The standard InChI is InChI=1S/C18H33F3N4O3S.HI/c1-22-17(23-10-13-28-16-6-4-2-3-5-7-16)24-14-15-8-11-25(12-9-15)29(26,27)18(19,20)21;/h15-16H,2-14H2,1H3,(H2,22,23,24);1H. The van der Waals surface area contributed by atoms with Crippen molar-refractivity contribution in [3.05, 3.63) is 0 Å². The molecule has 2 aliphatic rings. The average Bonchev–Trinajstić information content (AvgIpc) is 2.96. The molecule has 2 N–H and O–H groups in total. The molecular weight excluding hydrogens is 536 g/mol. The van der Waals surface area contributed by atoms with Crippen molar-refractivity contribution in [2.24, 2.45) is 10.9 Å². The second-order valence-corrected chi connectivity index (χ2v) is 9.59. The third-order valence-corrected chi connectivity index (χ3v) is 7.17. The first-order valence-corrected chi connectivity index (χ1v) is 11.8. The van der Waals surface area contributed by atoms with Crippen molar-refractivity contribution in [1.29, 1.82) is 0 Å². The number of nitrogens with zero attached hydrogens (tertiary/aromatic N) is 2. The lowest BCUT2D eigenvalue weighted by molar-refractivity contribution is -0.0496. The molecule has 12 heteroatoms. The van der Waals surface area contributed by atoms with Crippen molar-refractivity contribution < 1.29 is 26.3 Å². The maximum Gasteiger partial charge on any atom is 0.511 e. The van der Waals surface area contributed by atoms with Gasteiger partial charge < -0.3 is 15.4 Å². The van der Waals surface area contributed by atoms with Crippen molar-refractivity contribution in [2.75, 3.05) is 39.8 Å². The van der Waals surface area contributed by atoms with Crippen LogP contribution in [0.4, 0.5) is 13.2 Å². The predicted octanol–water partition coefficient (Wildman–Crippen LogP) is 3.07. The minimum absolute atomic E-state index is 0. The molecule has 2 rings (SSSR count). The van der Waals surface area contributed by atoms with E-state index in [-0.39, 0.29) is 43.0 Å². The molecule has 1 heterocycles. The summed E-state index contributed by atoms with van der Waals surface area (Å²) in [5.74, 6) is 0.704. The van der Waals surface area contributed by atoms with Crippen LogP contribution >= 0.6 is 24.0 Å². The summed E-state index contributed by atoms with van der Waals surface area (Å²) in [7, 11) is -3.57. The summed E-state index contributed by atoms with van der Waals surface area (Å²) >= 11 is 0. The monoisotopic (exact) mass is 570 g/mol. The summed E-state index contributed by atoms with van der Waals surface area (Å²) in [6, 6.07) is 0. The fourth-order valence-corrected chi connectivity index (χ4v) is 4.75. The van der Waals surface area contributed by atoms with Gasteiger partial charge in [-0.1, -0.05) is 25.7 Å². The highest BCUT2D eigenvalue weighted by atomic mass is 127. The highest BCUT2D eigenvalue weighted by Gasteiger charge is 2.50. The molecular formula is C18H34F3IN4O3S. The van der Waals surface area contributed by atoms with Gasteiger partial charge in [0, 0.05) is 33.2 Å². The Labute approximate surface area is 194 Å². The molecule has 0 atom stereocenters. The van der Waals surface area contributed by atoms with E-state index < -0.39 is 15.5 Å². The van der Waals surface area contributed by atoms with E-state index >= 15 is 0 Å². The SMILES string of the molecule is CN=C(NCCOC1CCCCCC1)NCC1CCN(S(=O)(=O)C(F)(F)F)CC1.I. The minimum atomic E-state index is -5.23. The van der Waals surface area contributed by atoms with Crippen molar-refractivity contribution in [3.63, 3.8) is 0 Å². The lowest BCUT2D eigenvalue weighted by Crippen LogP contribution is -2.47.